The maximum atomic E-state index is 11.9. The van der Waals surface area contributed by atoms with Gasteiger partial charge >= 0.3 is 0 Å². The molecule has 9 nitrogen and oxygen atoms in total. The van der Waals surface area contributed by atoms with Gasteiger partial charge in [-0.3, -0.25) is 9.80 Å². The normalized spacial score (nSPS) is 13.8. The number of aromatic nitrogens is 1. The molecule has 1 aliphatic heterocycles. The van der Waals surface area contributed by atoms with Gasteiger partial charge in [-0.05, 0) is 29.8 Å². The molecule has 0 spiro atoms. The number of carbonyl (C=O) groups is 1. The minimum Gasteiger partial charge on any atom is -0.771 e. The number of hydrogen-bond acceptors (Lipinski definition) is 8. The first-order valence-electron chi connectivity index (χ1n) is 10.7. The number of rotatable bonds is 9. The summed E-state index contributed by atoms with van der Waals surface area (Å²) in [5.41, 5.74) is 9.50. The zero-order valence-corrected chi connectivity index (χ0v) is 18.7. The van der Waals surface area contributed by atoms with Crippen molar-refractivity contribution in [2.75, 3.05) is 42.7 Å². The summed E-state index contributed by atoms with van der Waals surface area (Å²) < 4.78 is 0. The first kappa shape index (κ1) is 22.5. The van der Waals surface area contributed by atoms with Gasteiger partial charge in [-0.25, -0.2) is 4.98 Å². The lowest BCUT2D eigenvalue weighted by molar-refractivity contribution is 0.0231. The van der Waals surface area contributed by atoms with Gasteiger partial charge in [0, 0.05) is 63.4 Å². The Morgan fingerprint density at radius 2 is 1.85 bits per heavy atom. The van der Waals surface area contributed by atoms with Crippen molar-refractivity contribution in [2.24, 2.45) is 5.73 Å². The van der Waals surface area contributed by atoms with E-state index in [1.807, 2.05) is 54.6 Å². The average molecular weight is 447 g/mol. The van der Waals surface area contributed by atoms with Gasteiger partial charge in [0.15, 0.2) is 0 Å². The third-order valence-electron chi connectivity index (χ3n) is 5.57. The monoisotopic (exact) mass is 446 g/mol. The largest absolute Gasteiger partial charge is 0.771 e. The third-order valence-corrected chi connectivity index (χ3v) is 5.57. The van der Waals surface area contributed by atoms with Gasteiger partial charge in [0.2, 0.25) is 0 Å². The molecule has 1 saturated heterocycles. The van der Waals surface area contributed by atoms with Crippen molar-refractivity contribution in [1.82, 2.24) is 15.2 Å². The van der Waals surface area contributed by atoms with Gasteiger partial charge in [0.25, 0.3) is 5.91 Å². The van der Waals surface area contributed by atoms with E-state index in [1.54, 1.807) is 25.2 Å². The van der Waals surface area contributed by atoms with E-state index in [0.29, 0.717) is 36.7 Å². The van der Waals surface area contributed by atoms with Crippen LogP contribution in [-0.4, -0.2) is 54.3 Å². The topological polar surface area (TPSA) is 113 Å². The van der Waals surface area contributed by atoms with E-state index in [0.717, 1.165) is 22.1 Å². The summed E-state index contributed by atoms with van der Waals surface area (Å²) in [7, 11) is 3.51. The van der Waals surface area contributed by atoms with E-state index in [9.17, 15) is 10.0 Å². The van der Waals surface area contributed by atoms with Crippen LogP contribution >= 0.6 is 0 Å². The molecule has 0 unspecified atom stereocenters. The Bertz CT molecular complexity index is 1080. The van der Waals surface area contributed by atoms with Crippen LogP contribution in [0.5, 0.6) is 0 Å². The number of nitrogens with zero attached hydrogens (tertiary/aromatic N) is 4. The molecule has 1 aliphatic rings. The Labute approximate surface area is 193 Å². The first-order chi connectivity index (χ1) is 15.9. The second-order valence-corrected chi connectivity index (χ2v) is 8.20. The highest BCUT2D eigenvalue weighted by Crippen LogP contribution is 2.27. The molecule has 2 aromatic carbocycles. The molecule has 0 radical (unpaired) electrons. The summed E-state index contributed by atoms with van der Waals surface area (Å²) >= 11 is 0. The summed E-state index contributed by atoms with van der Waals surface area (Å²) in [5.74, 6) is 0.0630. The minimum atomic E-state index is -0.535. The van der Waals surface area contributed by atoms with E-state index < -0.39 is 5.91 Å². The summed E-state index contributed by atoms with van der Waals surface area (Å²) in [6.45, 7) is 1.95. The third kappa shape index (κ3) is 5.40. The Morgan fingerprint density at radius 3 is 2.48 bits per heavy atom. The molecular weight excluding hydrogens is 418 g/mol. The molecule has 172 valence electrons. The predicted molar refractivity (Wildman–Crippen MR) is 131 cm³/mol. The van der Waals surface area contributed by atoms with E-state index in [1.165, 1.54) is 6.20 Å². The maximum absolute atomic E-state index is 11.9. The molecular formula is C24H28N7O2-. The van der Waals surface area contributed by atoms with Crippen LogP contribution < -0.4 is 21.3 Å². The molecule has 0 atom stereocenters. The van der Waals surface area contributed by atoms with Gasteiger partial charge < -0.3 is 31.6 Å². The summed E-state index contributed by atoms with van der Waals surface area (Å²) in [6, 6.07) is 19.6. The number of pyridine rings is 1. The molecule has 0 saturated carbocycles. The Morgan fingerprint density at radius 1 is 1.15 bits per heavy atom. The highest BCUT2D eigenvalue weighted by molar-refractivity contribution is 5.98. The van der Waals surface area contributed by atoms with Crippen LogP contribution in [0.2, 0.25) is 0 Å². The van der Waals surface area contributed by atoms with E-state index in [2.05, 4.69) is 20.5 Å². The highest BCUT2D eigenvalue weighted by atomic mass is 16.6. The molecule has 4 N–H and O–H groups in total. The Balaban J connectivity index is 1.40. The summed E-state index contributed by atoms with van der Waals surface area (Å²) in [5, 5.41) is 21.1. The quantitative estimate of drug-likeness (QED) is 0.430. The van der Waals surface area contributed by atoms with Crippen molar-refractivity contribution in [3.05, 3.63) is 83.2 Å². The van der Waals surface area contributed by atoms with Crippen LogP contribution in [0.3, 0.4) is 0 Å². The molecule has 1 aromatic heterocycles. The Kier molecular flexibility index (Phi) is 6.74. The van der Waals surface area contributed by atoms with E-state index in [4.69, 9.17) is 5.73 Å². The van der Waals surface area contributed by atoms with Crippen LogP contribution in [0, 0.1) is 5.21 Å². The predicted octanol–water partition coefficient (Wildman–Crippen LogP) is 3.00. The average Bonchev–Trinajstić information content (AvgIpc) is 2.78. The molecule has 2 heterocycles. The van der Waals surface area contributed by atoms with Crippen molar-refractivity contribution in [3.8, 4) is 0 Å². The van der Waals surface area contributed by atoms with E-state index >= 15 is 0 Å². The fraction of sp³-hybridized carbons (Fsp3) is 0.250. The number of hydroxylamine groups is 1. The number of hydrogen-bond donors (Lipinski definition) is 3. The fourth-order valence-corrected chi connectivity index (χ4v) is 3.70. The van der Waals surface area contributed by atoms with Crippen molar-refractivity contribution in [2.45, 2.75) is 12.6 Å². The second kappa shape index (κ2) is 9.86. The summed E-state index contributed by atoms with van der Waals surface area (Å²) in [6.07, 6.45) is 1.48. The molecule has 9 heteroatoms. The minimum absolute atomic E-state index is 0.0208. The second-order valence-electron chi connectivity index (χ2n) is 8.20. The number of primary amides is 1. The lowest BCUT2D eigenvalue weighted by Crippen LogP contribution is -2.60. The Hall–Kier alpha value is -3.66. The van der Waals surface area contributed by atoms with Gasteiger partial charge in [0.05, 0.1) is 11.3 Å². The number of amides is 1. The molecule has 0 bridgehead atoms. The number of carbonyl (C=O) groups excluding carboxylic acids is 1. The lowest BCUT2D eigenvalue weighted by Gasteiger charge is -2.52. The number of nitrogens with two attached hydrogens (primary N) is 1. The number of benzene rings is 2. The van der Waals surface area contributed by atoms with E-state index in [-0.39, 0.29) is 6.04 Å². The zero-order valence-electron chi connectivity index (χ0n) is 18.7. The molecule has 4 rings (SSSR count). The zero-order chi connectivity index (χ0) is 23.4. The van der Waals surface area contributed by atoms with Crippen LogP contribution in [0.15, 0.2) is 66.9 Å². The van der Waals surface area contributed by atoms with Crippen molar-refractivity contribution in [3.63, 3.8) is 0 Å². The molecule has 3 aromatic rings. The number of nitrogens with one attached hydrogen (secondary N) is 2. The van der Waals surface area contributed by atoms with Gasteiger partial charge in [0.1, 0.15) is 5.82 Å². The smallest absolute Gasteiger partial charge is 0.252 e. The van der Waals surface area contributed by atoms with Crippen LogP contribution in [-0.2, 0) is 6.54 Å². The molecule has 33 heavy (non-hydrogen) atoms. The van der Waals surface area contributed by atoms with Crippen LogP contribution in [0.25, 0.3) is 0 Å². The van der Waals surface area contributed by atoms with Crippen LogP contribution in [0.4, 0.5) is 22.9 Å². The number of hydrazine groups is 1. The first-order valence-corrected chi connectivity index (χ1v) is 10.7. The van der Waals surface area contributed by atoms with Crippen molar-refractivity contribution >= 4 is 28.8 Å². The maximum Gasteiger partial charge on any atom is 0.252 e. The van der Waals surface area contributed by atoms with Crippen molar-refractivity contribution in [1.29, 1.82) is 0 Å². The SMILES string of the molecule is CN(C)N([O-])C1CN(c2ccc(Nc3cc(NCc4ccccc4)c(C(N)=O)cn3)cc2)C1. The van der Waals surface area contributed by atoms with Gasteiger partial charge in [-0.2, -0.15) is 0 Å². The highest BCUT2D eigenvalue weighted by Gasteiger charge is 2.28. The fourth-order valence-electron chi connectivity index (χ4n) is 3.70. The standard InChI is InChI=1S/C24H28N7O2/c1-29(2)31(33)20-15-30(16-20)19-10-8-18(9-11-19)28-23-12-22(21(14-27-23)24(25)32)26-13-17-6-4-3-5-7-17/h3-12,14,20H,13,15-16H2,1-2H3,(H2,25,32)(H2,26,27,28)/q-1. The van der Waals surface area contributed by atoms with Gasteiger partial charge in [-0.1, -0.05) is 30.3 Å². The van der Waals surface area contributed by atoms with Crippen LogP contribution in [0.1, 0.15) is 15.9 Å². The number of anilines is 4. The molecule has 1 amide bonds. The summed E-state index contributed by atoms with van der Waals surface area (Å²) in [4.78, 5) is 18.3. The molecule has 0 aliphatic carbocycles. The molecule has 1 fully saturated rings. The van der Waals surface area contributed by atoms with Crippen molar-refractivity contribution < 1.29 is 4.79 Å². The van der Waals surface area contributed by atoms with Gasteiger partial charge in [-0.15, -0.1) is 0 Å². The lowest BCUT2D eigenvalue weighted by atomic mass is 10.1.